The van der Waals surface area contributed by atoms with E-state index in [0.717, 1.165) is 49.9 Å². The maximum Gasteiger partial charge on any atom is 0.125 e. The molecule has 0 unspecified atom stereocenters. The Labute approximate surface area is 173 Å². The molecule has 5 aromatic rings. The van der Waals surface area contributed by atoms with E-state index in [1.54, 1.807) is 11.3 Å². The predicted molar refractivity (Wildman–Crippen MR) is 122 cm³/mol. The second kappa shape index (κ2) is 7.31. The van der Waals surface area contributed by atoms with Crippen molar-refractivity contribution < 1.29 is 0 Å². The standard InChI is InChI=1S/C23H21N5S/c1-28(2)14-17-4-3-5-21(27-17)22-13-18-20(9-11-25-23(18)29-22)26-16-6-7-19-15(12-16)8-10-24-19/h3-13,24H,14H2,1-2H3,(H,25,26). The van der Waals surface area contributed by atoms with Gasteiger partial charge in [0.05, 0.1) is 22.0 Å². The van der Waals surface area contributed by atoms with Crippen LogP contribution in [0.5, 0.6) is 0 Å². The molecular weight excluding hydrogens is 378 g/mol. The number of hydrogen-bond acceptors (Lipinski definition) is 5. The molecular formula is C23H21N5S. The van der Waals surface area contributed by atoms with Crippen LogP contribution < -0.4 is 5.32 Å². The molecule has 4 aromatic heterocycles. The lowest BCUT2D eigenvalue weighted by Gasteiger charge is -2.09. The van der Waals surface area contributed by atoms with Crippen LogP contribution in [-0.4, -0.2) is 33.9 Å². The van der Waals surface area contributed by atoms with Crippen molar-refractivity contribution in [3.8, 4) is 10.6 Å². The number of H-pyrrole nitrogens is 1. The maximum atomic E-state index is 4.84. The van der Waals surface area contributed by atoms with Crippen LogP contribution in [0.2, 0.25) is 0 Å². The Morgan fingerprint density at radius 1 is 1.07 bits per heavy atom. The molecule has 0 aliphatic carbocycles. The summed E-state index contributed by atoms with van der Waals surface area (Å²) < 4.78 is 0. The molecule has 0 atom stereocenters. The van der Waals surface area contributed by atoms with E-state index in [2.05, 4.69) is 82.8 Å². The number of pyridine rings is 2. The molecule has 4 heterocycles. The predicted octanol–water partition coefficient (Wildman–Crippen LogP) is 5.64. The third-order valence-corrected chi connectivity index (χ3v) is 5.87. The van der Waals surface area contributed by atoms with E-state index in [9.17, 15) is 0 Å². The van der Waals surface area contributed by atoms with Crippen molar-refractivity contribution in [2.75, 3.05) is 19.4 Å². The molecule has 29 heavy (non-hydrogen) atoms. The van der Waals surface area contributed by atoms with Crippen LogP contribution in [0.1, 0.15) is 5.69 Å². The van der Waals surface area contributed by atoms with E-state index >= 15 is 0 Å². The molecule has 0 saturated carbocycles. The Balaban J connectivity index is 1.51. The van der Waals surface area contributed by atoms with Gasteiger partial charge in [0.1, 0.15) is 4.83 Å². The molecule has 0 aliphatic rings. The van der Waals surface area contributed by atoms with Gasteiger partial charge in [-0.1, -0.05) is 6.07 Å². The molecule has 0 aliphatic heterocycles. The van der Waals surface area contributed by atoms with Gasteiger partial charge in [0, 0.05) is 40.9 Å². The summed E-state index contributed by atoms with van der Waals surface area (Å²) in [6, 6.07) is 18.8. The highest BCUT2D eigenvalue weighted by Gasteiger charge is 2.11. The molecule has 1 aromatic carbocycles. The zero-order chi connectivity index (χ0) is 19.8. The van der Waals surface area contributed by atoms with Crippen LogP contribution in [0.3, 0.4) is 0 Å². The smallest absolute Gasteiger partial charge is 0.125 e. The number of aromatic amines is 1. The van der Waals surface area contributed by atoms with E-state index in [0.29, 0.717) is 0 Å². The minimum Gasteiger partial charge on any atom is -0.361 e. The van der Waals surface area contributed by atoms with E-state index in [4.69, 9.17) is 4.98 Å². The minimum absolute atomic E-state index is 0.825. The maximum absolute atomic E-state index is 4.84. The van der Waals surface area contributed by atoms with Crippen LogP contribution in [0, 0.1) is 0 Å². The van der Waals surface area contributed by atoms with Crippen LogP contribution in [0.15, 0.2) is 67.0 Å². The summed E-state index contributed by atoms with van der Waals surface area (Å²) in [6.45, 7) is 0.825. The Hall–Kier alpha value is -3.22. The quantitative estimate of drug-likeness (QED) is 0.401. The van der Waals surface area contributed by atoms with Gasteiger partial charge in [-0.15, -0.1) is 11.3 Å². The summed E-state index contributed by atoms with van der Waals surface area (Å²) in [4.78, 5) is 16.9. The van der Waals surface area contributed by atoms with Crippen molar-refractivity contribution in [3.05, 3.63) is 72.7 Å². The average Bonchev–Trinajstić information content (AvgIpc) is 3.34. The lowest BCUT2D eigenvalue weighted by atomic mass is 10.2. The SMILES string of the molecule is CN(C)Cc1cccc(-c2cc3c(Nc4ccc5[nH]ccc5c4)ccnc3s2)n1. The van der Waals surface area contributed by atoms with Gasteiger partial charge in [-0.2, -0.15) is 0 Å². The fourth-order valence-electron chi connectivity index (χ4n) is 3.49. The van der Waals surface area contributed by atoms with E-state index in [1.165, 1.54) is 5.39 Å². The molecule has 0 spiro atoms. The lowest BCUT2D eigenvalue weighted by molar-refractivity contribution is 0.397. The van der Waals surface area contributed by atoms with Crippen LogP contribution in [0.25, 0.3) is 31.7 Å². The largest absolute Gasteiger partial charge is 0.361 e. The Kier molecular flexibility index (Phi) is 4.50. The summed E-state index contributed by atoms with van der Waals surface area (Å²) in [7, 11) is 4.11. The zero-order valence-electron chi connectivity index (χ0n) is 16.3. The third kappa shape index (κ3) is 3.60. The zero-order valence-corrected chi connectivity index (χ0v) is 17.1. The second-order valence-electron chi connectivity index (χ2n) is 7.34. The van der Waals surface area contributed by atoms with Crippen molar-refractivity contribution in [3.63, 3.8) is 0 Å². The van der Waals surface area contributed by atoms with Crippen LogP contribution in [-0.2, 0) is 6.54 Å². The average molecular weight is 400 g/mol. The fourth-order valence-corrected chi connectivity index (χ4v) is 4.49. The molecule has 5 nitrogen and oxygen atoms in total. The number of nitrogens with zero attached hydrogens (tertiary/aromatic N) is 3. The number of rotatable bonds is 5. The first-order chi connectivity index (χ1) is 14.2. The van der Waals surface area contributed by atoms with E-state index in [-0.39, 0.29) is 0 Å². The second-order valence-corrected chi connectivity index (χ2v) is 8.38. The summed E-state index contributed by atoms with van der Waals surface area (Å²) in [5.74, 6) is 0. The molecule has 0 saturated heterocycles. The van der Waals surface area contributed by atoms with Gasteiger partial charge in [-0.3, -0.25) is 4.98 Å². The van der Waals surface area contributed by atoms with Gasteiger partial charge in [-0.25, -0.2) is 4.98 Å². The Morgan fingerprint density at radius 2 is 2.00 bits per heavy atom. The summed E-state index contributed by atoms with van der Waals surface area (Å²) in [5.41, 5.74) is 5.31. The summed E-state index contributed by atoms with van der Waals surface area (Å²) in [6.07, 6.45) is 3.82. The number of hydrogen-bond donors (Lipinski definition) is 2. The minimum atomic E-state index is 0.825. The first-order valence-corrected chi connectivity index (χ1v) is 10.3. The van der Waals surface area contributed by atoms with Crippen LogP contribution in [0.4, 0.5) is 11.4 Å². The molecule has 0 radical (unpaired) electrons. The third-order valence-electron chi connectivity index (χ3n) is 4.81. The molecule has 0 fully saturated rings. The molecule has 6 heteroatoms. The normalized spacial score (nSPS) is 11.6. The number of benzene rings is 1. The van der Waals surface area contributed by atoms with Crippen molar-refractivity contribution in [2.45, 2.75) is 6.54 Å². The van der Waals surface area contributed by atoms with Gasteiger partial charge >= 0.3 is 0 Å². The summed E-state index contributed by atoms with van der Waals surface area (Å²) >= 11 is 1.67. The highest BCUT2D eigenvalue weighted by molar-refractivity contribution is 7.21. The van der Waals surface area contributed by atoms with Crippen molar-refractivity contribution >= 4 is 43.8 Å². The lowest BCUT2D eigenvalue weighted by Crippen LogP contribution is -2.11. The fraction of sp³-hybridized carbons (Fsp3) is 0.130. The van der Waals surface area contributed by atoms with Crippen molar-refractivity contribution in [1.82, 2.24) is 19.9 Å². The Morgan fingerprint density at radius 3 is 2.90 bits per heavy atom. The van der Waals surface area contributed by atoms with Gasteiger partial charge in [-0.05, 0) is 62.6 Å². The number of thiophene rings is 1. The Bertz CT molecular complexity index is 1300. The number of aromatic nitrogens is 3. The van der Waals surface area contributed by atoms with E-state index in [1.807, 2.05) is 18.5 Å². The van der Waals surface area contributed by atoms with Gasteiger partial charge in [0.2, 0.25) is 0 Å². The number of nitrogens with one attached hydrogen (secondary N) is 2. The summed E-state index contributed by atoms with van der Waals surface area (Å²) in [5, 5.41) is 5.86. The number of anilines is 2. The van der Waals surface area contributed by atoms with Gasteiger partial charge < -0.3 is 15.2 Å². The molecule has 2 N–H and O–H groups in total. The highest BCUT2D eigenvalue weighted by Crippen LogP contribution is 2.36. The van der Waals surface area contributed by atoms with Crippen molar-refractivity contribution in [1.29, 1.82) is 0 Å². The monoisotopic (exact) mass is 399 g/mol. The molecule has 0 bridgehead atoms. The molecule has 144 valence electrons. The topological polar surface area (TPSA) is 56.8 Å². The van der Waals surface area contributed by atoms with Gasteiger partial charge in [0.15, 0.2) is 0 Å². The van der Waals surface area contributed by atoms with Crippen LogP contribution >= 0.6 is 11.3 Å². The highest BCUT2D eigenvalue weighted by atomic mass is 32.1. The van der Waals surface area contributed by atoms with E-state index < -0.39 is 0 Å². The van der Waals surface area contributed by atoms with Crippen molar-refractivity contribution in [2.24, 2.45) is 0 Å². The molecule has 5 rings (SSSR count). The first-order valence-electron chi connectivity index (χ1n) is 9.49. The molecule has 0 amide bonds. The van der Waals surface area contributed by atoms with Gasteiger partial charge in [0.25, 0.3) is 0 Å². The number of fused-ring (bicyclic) bond motifs is 2. The first kappa shape index (κ1) is 17.8.